The van der Waals surface area contributed by atoms with Crippen molar-refractivity contribution in [2.45, 2.75) is 39.3 Å². The van der Waals surface area contributed by atoms with E-state index in [0.29, 0.717) is 24.5 Å². The molecule has 1 aromatic carbocycles. The highest BCUT2D eigenvalue weighted by molar-refractivity contribution is 6.31. The summed E-state index contributed by atoms with van der Waals surface area (Å²) in [5, 5.41) is 9.18. The average Bonchev–Trinajstić information content (AvgIpc) is 2.31. The van der Waals surface area contributed by atoms with Gasteiger partial charge in [0.05, 0.1) is 0 Å². The topological polar surface area (TPSA) is 40.5 Å². The van der Waals surface area contributed by atoms with Crippen LogP contribution in [0, 0.1) is 5.82 Å². The maximum Gasteiger partial charge on any atom is 0.303 e. The Balaban J connectivity index is 2.67. The molecule has 0 atom stereocenters. The molecule has 0 bridgehead atoms. The van der Waals surface area contributed by atoms with Crippen LogP contribution in [-0.2, 0) is 11.3 Å². The summed E-state index contributed by atoms with van der Waals surface area (Å²) in [6.07, 6.45) is 0.709. The second kappa shape index (κ2) is 7.46. The molecule has 0 heterocycles. The highest BCUT2D eigenvalue weighted by Gasteiger charge is 2.13. The number of benzene rings is 1. The van der Waals surface area contributed by atoms with Crippen LogP contribution in [0.3, 0.4) is 0 Å². The smallest absolute Gasteiger partial charge is 0.303 e. The van der Waals surface area contributed by atoms with Gasteiger partial charge in [-0.05, 0) is 50.6 Å². The van der Waals surface area contributed by atoms with Crippen molar-refractivity contribution >= 4 is 17.6 Å². The van der Waals surface area contributed by atoms with E-state index in [9.17, 15) is 9.18 Å². The molecule has 0 spiro atoms. The Morgan fingerprint density at radius 2 is 2.16 bits per heavy atom. The van der Waals surface area contributed by atoms with Gasteiger partial charge in [-0.1, -0.05) is 11.6 Å². The minimum absolute atomic E-state index is 0.139. The number of carboxylic acids is 1. The molecule has 1 N–H and O–H groups in total. The van der Waals surface area contributed by atoms with Gasteiger partial charge in [0, 0.05) is 24.0 Å². The molecule has 0 aromatic heterocycles. The number of carbonyl (C=O) groups is 1. The fourth-order valence-corrected chi connectivity index (χ4v) is 2.01. The highest BCUT2D eigenvalue weighted by Crippen LogP contribution is 2.20. The van der Waals surface area contributed by atoms with Crippen molar-refractivity contribution in [3.05, 3.63) is 34.6 Å². The molecule has 5 heteroatoms. The lowest BCUT2D eigenvalue weighted by Crippen LogP contribution is -2.31. The average molecular weight is 288 g/mol. The zero-order valence-corrected chi connectivity index (χ0v) is 12.0. The molecule has 0 unspecified atom stereocenters. The van der Waals surface area contributed by atoms with Crippen LogP contribution in [0.1, 0.15) is 32.3 Å². The quantitative estimate of drug-likeness (QED) is 0.834. The van der Waals surface area contributed by atoms with E-state index in [4.69, 9.17) is 16.7 Å². The molecule has 0 aliphatic carbocycles. The summed E-state index contributed by atoms with van der Waals surface area (Å²) in [7, 11) is 0. The minimum Gasteiger partial charge on any atom is -0.481 e. The molecule has 106 valence electrons. The third-order valence-corrected chi connectivity index (χ3v) is 3.32. The van der Waals surface area contributed by atoms with Crippen LogP contribution in [0.2, 0.25) is 5.02 Å². The van der Waals surface area contributed by atoms with Crippen LogP contribution in [-0.4, -0.2) is 28.6 Å². The van der Waals surface area contributed by atoms with Gasteiger partial charge in [-0.2, -0.15) is 0 Å². The van der Waals surface area contributed by atoms with Gasteiger partial charge in [0.25, 0.3) is 0 Å². The van der Waals surface area contributed by atoms with Crippen LogP contribution in [0.5, 0.6) is 0 Å². The Kier molecular flexibility index (Phi) is 6.25. The predicted octanol–water partition coefficient (Wildman–Crippen LogP) is 3.55. The number of hydrogen-bond acceptors (Lipinski definition) is 2. The molecular weight excluding hydrogens is 269 g/mol. The van der Waals surface area contributed by atoms with E-state index in [1.165, 1.54) is 12.1 Å². The van der Waals surface area contributed by atoms with Crippen LogP contribution in [0.25, 0.3) is 0 Å². The highest BCUT2D eigenvalue weighted by atomic mass is 35.5. The maximum atomic E-state index is 13.2. The molecule has 3 nitrogen and oxygen atoms in total. The van der Waals surface area contributed by atoms with Crippen LogP contribution >= 0.6 is 11.6 Å². The van der Waals surface area contributed by atoms with E-state index >= 15 is 0 Å². The van der Waals surface area contributed by atoms with Crippen molar-refractivity contribution in [1.82, 2.24) is 4.90 Å². The Morgan fingerprint density at radius 1 is 1.47 bits per heavy atom. The van der Waals surface area contributed by atoms with E-state index in [-0.39, 0.29) is 18.3 Å². The summed E-state index contributed by atoms with van der Waals surface area (Å²) in [4.78, 5) is 12.6. The van der Waals surface area contributed by atoms with Gasteiger partial charge in [0.2, 0.25) is 0 Å². The van der Waals surface area contributed by atoms with Crippen LogP contribution in [0.15, 0.2) is 18.2 Å². The molecule has 0 saturated heterocycles. The zero-order valence-electron chi connectivity index (χ0n) is 11.2. The summed E-state index contributed by atoms with van der Waals surface area (Å²) in [6.45, 7) is 5.21. The number of aliphatic carboxylic acids is 1. The minimum atomic E-state index is -0.799. The van der Waals surface area contributed by atoms with Crippen molar-refractivity contribution in [2.75, 3.05) is 6.54 Å². The number of nitrogens with zero attached hydrogens (tertiary/aromatic N) is 1. The molecule has 1 rings (SSSR count). The Bertz CT molecular complexity index is 437. The normalized spacial score (nSPS) is 11.3. The molecule has 0 amide bonds. The fourth-order valence-electron chi connectivity index (χ4n) is 1.84. The number of carboxylic acid groups (broad SMARTS) is 1. The van der Waals surface area contributed by atoms with E-state index in [2.05, 4.69) is 4.90 Å². The van der Waals surface area contributed by atoms with Crippen molar-refractivity contribution < 1.29 is 14.3 Å². The molecule has 1 aromatic rings. The lowest BCUT2D eigenvalue weighted by atomic mass is 10.1. The van der Waals surface area contributed by atoms with Crippen molar-refractivity contribution in [2.24, 2.45) is 0 Å². The second-order valence-electron chi connectivity index (χ2n) is 4.80. The Morgan fingerprint density at radius 3 is 2.74 bits per heavy atom. The van der Waals surface area contributed by atoms with Crippen molar-refractivity contribution in [3.63, 3.8) is 0 Å². The molecule has 0 radical (unpaired) electrons. The molecule has 0 fully saturated rings. The van der Waals surface area contributed by atoms with Gasteiger partial charge in [-0.3, -0.25) is 9.69 Å². The summed E-state index contributed by atoms with van der Waals surface area (Å²) in [5.41, 5.74) is 0.727. The lowest BCUT2D eigenvalue weighted by Gasteiger charge is -2.26. The first-order chi connectivity index (χ1) is 8.90. The molecule has 19 heavy (non-hydrogen) atoms. The molecule has 0 saturated carbocycles. The molecule has 0 aliphatic rings. The number of rotatable bonds is 7. The fraction of sp³-hybridized carbons (Fsp3) is 0.500. The van der Waals surface area contributed by atoms with E-state index in [0.717, 1.165) is 5.56 Å². The first-order valence-corrected chi connectivity index (χ1v) is 6.67. The van der Waals surface area contributed by atoms with Gasteiger partial charge in [0.1, 0.15) is 5.82 Å². The standard InChI is InChI=1S/C14H19ClFNO2/c1-10(2)17(7-3-4-14(18)19)9-11-8-12(16)5-6-13(11)15/h5-6,8,10H,3-4,7,9H2,1-2H3,(H,18,19). The van der Waals surface area contributed by atoms with Gasteiger partial charge in [0.15, 0.2) is 0 Å². The predicted molar refractivity (Wildman–Crippen MR) is 73.8 cm³/mol. The number of hydrogen-bond donors (Lipinski definition) is 1. The summed E-state index contributed by atoms with van der Waals surface area (Å²) in [5.74, 6) is -1.11. The number of halogens is 2. The van der Waals surface area contributed by atoms with E-state index in [1.807, 2.05) is 13.8 Å². The van der Waals surface area contributed by atoms with Gasteiger partial charge < -0.3 is 5.11 Å². The monoisotopic (exact) mass is 287 g/mol. The first-order valence-electron chi connectivity index (χ1n) is 6.30. The second-order valence-corrected chi connectivity index (χ2v) is 5.20. The first kappa shape index (κ1) is 15.9. The van der Waals surface area contributed by atoms with Gasteiger partial charge in [-0.15, -0.1) is 0 Å². The van der Waals surface area contributed by atoms with Gasteiger partial charge >= 0.3 is 5.97 Å². The molecule has 0 aliphatic heterocycles. The summed E-state index contributed by atoms with van der Waals surface area (Å²) >= 11 is 6.04. The largest absolute Gasteiger partial charge is 0.481 e. The van der Waals surface area contributed by atoms with E-state index < -0.39 is 5.97 Å². The van der Waals surface area contributed by atoms with Crippen LogP contribution in [0.4, 0.5) is 4.39 Å². The third kappa shape index (κ3) is 5.57. The van der Waals surface area contributed by atoms with E-state index in [1.54, 1.807) is 6.07 Å². The Hall–Kier alpha value is -1.13. The Labute approximate surface area is 118 Å². The maximum absolute atomic E-state index is 13.2. The van der Waals surface area contributed by atoms with Crippen molar-refractivity contribution in [3.8, 4) is 0 Å². The van der Waals surface area contributed by atoms with Crippen LogP contribution < -0.4 is 0 Å². The van der Waals surface area contributed by atoms with Gasteiger partial charge in [-0.25, -0.2) is 4.39 Å². The van der Waals surface area contributed by atoms with Crippen molar-refractivity contribution in [1.29, 1.82) is 0 Å². The zero-order chi connectivity index (χ0) is 14.4. The lowest BCUT2D eigenvalue weighted by molar-refractivity contribution is -0.137. The summed E-state index contributed by atoms with van der Waals surface area (Å²) < 4.78 is 13.2. The SMILES string of the molecule is CC(C)N(CCCC(=O)O)Cc1cc(F)ccc1Cl. The summed E-state index contributed by atoms with van der Waals surface area (Å²) in [6, 6.07) is 4.54. The molecular formula is C14H19ClFNO2. The third-order valence-electron chi connectivity index (χ3n) is 2.95.